The first-order valence-corrected chi connectivity index (χ1v) is 2.65. The van der Waals surface area contributed by atoms with Gasteiger partial charge in [0.2, 0.25) is 6.41 Å². The zero-order valence-electron chi connectivity index (χ0n) is 5.16. The van der Waals surface area contributed by atoms with Gasteiger partial charge in [-0.05, 0) is 6.07 Å². The Morgan fingerprint density at radius 3 is 3.00 bits per heavy atom. The molecule has 1 aromatic heterocycles. The highest BCUT2D eigenvalue weighted by Crippen LogP contribution is 2.06. The van der Waals surface area contributed by atoms with Gasteiger partial charge in [0, 0.05) is 19.4 Å². The minimum absolute atomic E-state index is 0.767. The molecule has 0 saturated heterocycles. The van der Waals surface area contributed by atoms with Crippen molar-refractivity contribution in [3.63, 3.8) is 0 Å². The molecular formula is C6H8N2O. The number of carbonyl (C=O) groups is 1. The summed E-state index contributed by atoms with van der Waals surface area (Å²) in [5.74, 6) is 0. The van der Waals surface area contributed by atoms with E-state index in [4.69, 9.17) is 0 Å². The van der Waals surface area contributed by atoms with Crippen LogP contribution in [0.5, 0.6) is 0 Å². The molecule has 3 nitrogen and oxygen atoms in total. The molecule has 48 valence electrons. The standard InChI is InChI=1S/C6H8N2O/c1-8(5-9)6-2-3-7-4-6/h2-5,7H,1H3. The van der Waals surface area contributed by atoms with E-state index < -0.39 is 0 Å². The fraction of sp³-hybridized carbons (Fsp3) is 0.167. The van der Waals surface area contributed by atoms with Gasteiger partial charge in [-0.15, -0.1) is 0 Å². The third-order valence-corrected chi connectivity index (χ3v) is 1.15. The molecule has 1 heterocycles. The van der Waals surface area contributed by atoms with Crippen molar-refractivity contribution in [2.75, 3.05) is 11.9 Å². The van der Waals surface area contributed by atoms with Crippen LogP contribution >= 0.6 is 0 Å². The summed E-state index contributed by atoms with van der Waals surface area (Å²) in [5.41, 5.74) is 0.880. The van der Waals surface area contributed by atoms with Gasteiger partial charge in [-0.2, -0.15) is 0 Å². The third kappa shape index (κ3) is 1.10. The molecule has 0 fully saturated rings. The summed E-state index contributed by atoms with van der Waals surface area (Å²) >= 11 is 0. The molecule has 0 aliphatic rings. The Labute approximate surface area is 53.3 Å². The summed E-state index contributed by atoms with van der Waals surface area (Å²) in [6.45, 7) is 0. The molecule has 0 radical (unpaired) electrons. The van der Waals surface area contributed by atoms with Crippen molar-refractivity contribution < 1.29 is 4.79 Å². The molecule has 3 heteroatoms. The highest BCUT2D eigenvalue weighted by molar-refractivity contribution is 5.73. The van der Waals surface area contributed by atoms with Crippen LogP contribution in [0.3, 0.4) is 0 Å². The van der Waals surface area contributed by atoms with Gasteiger partial charge in [0.15, 0.2) is 0 Å². The van der Waals surface area contributed by atoms with Gasteiger partial charge in [0.1, 0.15) is 0 Å². The minimum atomic E-state index is 0.767. The van der Waals surface area contributed by atoms with E-state index in [1.807, 2.05) is 6.07 Å². The van der Waals surface area contributed by atoms with E-state index in [2.05, 4.69) is 4.98 Å². The number of amides is 1. The van der Waals surface area contributed by atoms with E-state index in [1.165, 1.54) is 4.90 Å². The Bertz CT molecular complexity index is 181. The molecule has 1 aromatic rings. The van der Waals surface area contributed by atoms with Gasteiger partial charge in [0.05, 0.1) is 5.69 Å². The zero-order chi connectivity index (χ0) is 6.69. The average molecular weight is 124 g/mol. The molecule has 1 N–H and O–H groups in total. The van der Waals surface area contributed by atoms with Crippen LogP contribution in [-0.2, 0) is 4.79 Å². The lowest BCUT2D eigenvalue weighted by atomic mass is 10.5. The largest absolute Gasteiger partial charge is 0.366 e. The third-order valence-electron chi connectivity index (χ3n) is 1.15. The van der Waals surface area contributed by atoms with E-state index >= 15 is 0 Å². The Morgan fingerprint density at radius 2 is 2.56 bits per heavy atom. The van der Waals surface area contributed by atoms with Crippen LogP contribution in [0.4, 0.5) is 5.69 Å². The number of hydrogen-bond acceptors (Lipinski definition) is 1. The molecule has 1 rings (SSSR count). The van der Waals surface area contributed by atoms with Crippen LogP contribution in [0.2, 0.25) is 0 Å². The number of anilines is 1. The van der Waals surface area contributed by atoms with Crippen molar-refractivity contribution in [2.45, 2.75) is 0 Å². The molecule has 0 spiro atoms. The highest BCUT2D eigenvalue weighted by atomic mass is 16.1. The molecule has 0 saturated carbocycles. The predicted molar refractivity (Wildman–Crippen MR) is 35.3 cm³/mol. The number of rotatable bonds is 2. The Balaban J connectivity index is 2.76. The second-order valence-corrected chi connectivity index (χ2v) is 1.79. The molecule has 0 atom stereocenters. The van der Waals surface area contributed by atoms with Crippen LogP contribution in [-0.4, -0.2) is 18.4 Å². The molecule has 0 aliphatic heterocycles. The topological polar surface area (TPSA) is 36.1 Å². The molecular weight excluding hydrogens is 116 g/mol. The Hall–Kier alpha value is -1.25. The van der Waals surface area contributed by atoms with Crippen LogP contribution in [0.25, 0.3) is 0 Å². The van der Waals surface area contributed by atoms with E-state index in [1.54, 1.807) is 19.4 Å². The highest BCUT2D eigenvalue weighted by Gasteiger charge is 1.94. The van der Waals surface area contributed by atoms with Crippen LogP contribution in [0.15, 0.2) is 18.5 Å². The number of hydrogen-bond donors (Lipinski definition) is 1. The predicted octanol–water partition coefficient (Wildman–Crippen LogP) is 0.607. The van der Waals surface area contributed by atoms with Crippen molar-refractivity contribution in [2.24, 2.45) is 0 Å². The number of H-pyrrole nitrogens is 1. The van der Waals surface area contributed by atoms with Crippen molar-refractivity contribution >= 4 is 12.1 Å². The van der Waals surface area contributed by atoms with Crippen molar-refractivity contribution in [1.82, 2.24) is 4.98 Å². The van der Waals surface area contributed by atoms with Crippen LogP contribution in [0, 0.1) is 0 Å². The molecule has 0 aromatic carbocycles. The molecule has 9 heavy (non-hydrogen) atoms. The van der Waals surface area contributed by atoms with Crippen LogP contribution in [0.1, 0.15) is 0 Å². The Morgan fingerprint density at radius 1 is 1.78 bits per heavy atom. The van der Waals surface area contributed by atoms with E-state index in [0.717, 1.165) is 12.1 Å². The summed E-state index contributed by atoms with van der Waals surface area (Å²) in [5, 5.41) is 0. The average Bonchev–Trinajstić information content (AvgIpc) is 2.37. The molecule has 0 aliphatic carbocycles. The maximum atomic E-state index is 10.1. The first-order valence-electron chi connectivity index (χ1n) is 2.65. The Kier molecular flexibility index (Phi) is 1.53. The fourth-order valence-corrected chi connectivity index (χ4v) is 0.595. The van der Waals surface area contributed by atoms with E-state index in [9.17, 15) is 4.79 Å². The summed E-state index contributed by atoms with van der Waals surface area (Å²) < 4.78 is 0. The SMILES string of the molecule is CN(C=O)c1cc[nH]c1. The first-order chi connectivity index (χ1) is 4.34. The number of carbonyl (C=O) groups excluding carboxylic acids is 1. The van der Waals surface area contributed by atoms with Crippen LogP contribution < -0.4 is 4.90 Å². The van der Waals surface area contributed by atoms with Crippen molar-refractivity contribution in [3.05, 3.63) is 18.5 Å². The second-order valence-electron chi connectivity index (χ2n) is 1.79. The lowest BCUT2D eigenvalue weighted by Crippen LogP contribution is -2.12. The number of nitrogens with zero attached hydrogens (tertiary/aromatic N) is 1. The maximum Gasteiger partial charge on any atom is 0.213 e. The lowest BCUT2D eigenvalue weighted by molar-refractivity contribution is -0.107. The first kappa shape index (κ1) is 5.88. The quantitative estimate of drug-likeness (QED) is 0.576. The number of aromatic nitrogens is 1. The number of aromatic amines is 1. The minimum Gasteiger partial charge on any atom is -0.366 e. The van der Waals surface area contributed by atoms with Crippen molar-refractivity contribution in [3.8, 4) is 0 Å². The van der Waals surface area contributed by atoms with Gasteiger partial charge >= 0.3 is 0 Å². The smallest absolute Gasteiger partial charge is 0.213 e. The summed E-state index contributed by atoms with van der Waals surface area (Å²) in [7, 11) is 1.70. The summed E-state index contributed by atoms with van der Waals surface area (Å²) in [6, 6.07) is 1.83. The van der Waals surface area contributed by atoms with E-state index in [-0.39, 0.29) is 0 Å². The van der Waals surface area contributed by atoms with Crippen molar-refractivity contribution in [1.29, 1.82) is 0 Å². The molecule has 0 unspecified atom stereocenters. The number of nitrogens with one attached hydrogen (secondary N) is 1. The summed E-state index contributed by atoms with van der Waals surface area (Å²) in [6.07, 6.45) is 4.30. The summed E-state index contributed by atoms with van der Waals surface area (Å²) in [4.78, 5) is 14.5. The monoisotopic (exact) mass is 124 g/mol. The van der Waals surface area contributed by atoms with Gasteiger partial charge in [-0.1, -0.05) is 0 Å². The zero-order valence-corrected chi connectivity index (χ0v) is 5.16. The van der Waals surface area contributed by atoms with Gasteiger partial charge in [-0.25, -0.2) is 0 Å². The fourth-order valence-electron chi connectivity index (χ4n) is 0.595. The van der Waals surface area contributed by atoms with Gasteiger partial charge in [0.25, 0.3) is 0 Å². The van der Waals surface area contributed by atoms with E-state index in [0.29, 0.717) is 0 Å². The second kappa shape index (κ2) is 2.35. The lowest BCUT2D eigenvalue weighted by Gasteiger charge is -2.04. The molecule has 0 bridgehead atoms. The van der Waals surface area contributed by atoms with Gasteiger partial charge < -0.3 is 9.88 Å². The molecule has 1 amide bonds. The maximum absolute atomic E-state index is 10.1. The van der Waals surface area contributed by atoms with Gasteiger partial charge in [-0.3, -0.25) is 4.79 Å². The normalized spacial score (nSPS) is 9.00.